The molecule has 0 aliphatic carbocycles. The Morgan fingerprint density at radius 1 is 1.00 bits per heavy atom. The van der Waals surface area contributed by atoms with Crippen molar-refractivity contribution in [3.8, 4) is 0 Å². The normalized spacial score (nSPS) is 11.6. The number of nitrogens with one attached hydrogen (secondary N) is 2. The second-order valence-corrected chi connectivity index (χ2v) is 6.68. The topological polar surface area (TPSA) is 71.3 Å². The first kappa shape index (κ1) is 17.9. The van der Waals surface area contributed by atoms with E-state index in [1.165, 1.54) is 6.26 Å². The molecule has 0 bridgehead atoms. The third-order valence-corrected chi connectivity index (χ3v) is 4.32. The predicted molar refractivity (Wildman–Crippen MR) is 103 cm³/mol. The van der Waals surface area contributed by atoms with Gasteiger partial charge in [0.2, 0.25) is 0 Å². The molecule has 1 heterocycles. The van der Waals surface area contributed by atoms with Crippen molar-refractivity contribution in [1.82, 2.24) is 5.32 Å². The fourth-order valence-electron chi connectivity index (χ4n) is 2.48. The van der Waals surface area contributed by atoms with Crippen LogP contribution in [0.4, 0.5) is 5.69 Å². The molecule has 2 aromatic carbocycles. The van der Waals surface area contributed by atoms with Gasteiger partial charge in [0.05, 0.1) is 12.3 Å². The number of hydrogen-bond acceptors (Lipinski definition) is 3. The van der Waals surface area contributed by atoms with Gasteiger partial charge in [0.1, 0.15) is 0 Å². The summed E-state index contributed by atoms with van der Waals surface area (Å²) in [6.07, 6.45) is 1.43. The van der Waals surface area contributed by atoms with E-state index in [1.807, 2.05) is 31.2 Å². The molecule has 6 heteroatoms. The van der Waals surface area contributed by atoms with E-state index in [-0.39, 0.29) is 23.6 Å². The Kier molecular flexibility index (Phi) is 5.53. The molecule has 1 atom stereocenters. The SMILES string of the molecule is CC(NC(=O)c1cccc(NC(=O)c2ccco2)c1)c1cccc(Br)c1. The lowest BCUT2D eigenvalue weighted by Gasteiger charge is -2.15. The van der Waals surface area contributed by atoms with Gasteiger partial charge in [-0.25, -0.2) is 0 Å². The summed E-state index contributed by atoms with van der Waals surface area (Å²) in [4.78, 5) is 24.6. The third kappa shape index (κ3) is 4.40. The number of amides is 2. The summed E-state index contributed by atoms with van der Waals surface area (Å²) >= 11 is 3.43. The molecule has 0 aliphatic heterocycles. The summed E-state index contributed by atoms with van der Waals surface area (Å²) in [7, 11) is 0. The minimum atomic E-state index is -0.366. The molecule has 3 rings (SSSR count). The maximum Gasteiger partial charge on any atom is 0.291 e. The minimum Gasteiger partial charge on any atom is -0.459 e. The fraction of sp³-hybridized carbons (Fsp3) is 0.100. The molecule has 26 heavy (non-hydrogen) atoms. The summed E-state index contributed by atoms with van der Waals surface area (Å²) in [6, 6.07) is 17.6. The van der Waals surface area contributed by atoms with Crippen molar-refractivity contribution in [2.24, 2.45) is 0 Å². The highest BCUT2D eigenvalue weighted by Crippen LogP contribution is 2.19. The molecule has 0 saturated heterocycles. The second kappa shape index (κ2) is 8.01. The van der Waals surface area contributed by atoms with Crippen molar-refractivity contribution in [2.75, 3.05) is 5.32 Å². The van der Waals surface area contributed by atoms with Gasteiger partial charge >= 0.3 is 0 Å². The van der Waals surface area contributed by atoms with Gasteiger partial charge in [0, 0.05) is 15.7 Å². The van der Waals surface area contributed by atoms with Crippen LogP contribution in [0.15, 0.2) is 75.8 Å². The van der Waals surface area contributed by atoms with E-state index in [2.05, 4.69) is 26.6 Å². The first-order chi connectivity index (χ1) is 12.5. The smallest absolute Gasteiger partial charge is 0.291 e. The van der Waals surface area contributed by atoms with Crippen LogP contribution in [-0.2, 0) is 0 Å². The standard InChI is InChI=1S/C20H17BrN2O3/c1-13(14-5-2-7-16(21)11-14)22-19(24)15-6-3-8-17(12-15)23-20(25)18-9-4-10-26-18/h2-13H,1H3,(H,22,24)(H,23,25). The van der Waals surface area contributed by atoms with Gasteiger partial charge in [-0.3, -0.25) is 9.59 Å². The number of anilines is 1. The molecule has 1 aromatic heterocycles. The highest BCUT2D eigenvalue weighted by molar-refractivity contribution is 9.10. The van der Waals surface area contributed by atoms with Crippen molar-refractivity contribution in [3.05, 3.63) is 88.3 Å². The highest BCUT2D eigenvalue weighted by atomic mass is 79.9. The first-order valence-corrected chi connectivity index (χ1v) is 8.83. The van der Waals surface area contributed by atoms with Gasteiger partial charge in [-0.05, 0) is 55.0 Å². The van der Waals surface area contributed by atoms with Gasteiger partial charge < -0.3 is 15.1 Å². The number of carbonyl (C=O) groups excluding carboxylic acids is 2. The monoisotopic (exact) mass is 412 g/mol. The van der Waals surface area contributed by atoms with E-state index < -0.39 is 0 Å². The molecule has 1 unspecified atom stereocenters. The van der Waals surface area contributed by atoms with Crippen molar-refractivity contribution < 1.29 is 14.0 Å². The molecule has 3 aromatic rings. The van der Waals surface area contributed by atoms with Crippen molar-refractivity contribution in [1.29, 1.82) is 0 Å². The average molecular weight is 413 g/mol. The Morgan fingerprint density at radius 3 is 2.54 bits per heavy atom. The third-order valence-electron chi connectivity index (χ3n) is 3.82. The van der Waals surface area contributed by atoms with Crippen LogP contribution >= 0.6 is 15.9 Å². The van der Waals surface area contributed by atoms with Crippen molar-refractivity contribution in [3.63, 3.8) is 0 Å². The molecule has 0 fully saturated rings. The van der Waals surface area contributed by atoms with Crippen LogP contribution in [0.25, 0.3) is 0 Å². The Morgan fingerprint density at radius 2 is 1.81 bits per heavy atom. The van der Waals surface area contributed by atoms with Crippen LogP contribution in [-0.4, -0.2) is 11.8 Å². The number of benzene rings is 2. The van der Waals surface area contributed by atoms with E-state index >= 15 is 0 Å². The predicted octanol–water partition coefficient (Wildman–Crippen LogP) is 4.79. The molecule has 0 aliphatic rings. The van der Waals surface area contributed by atoms with Crippen LogP contribution < -0.4 is 10.6 Å². The average Bonchev–Trinajstić information content (AvgIpc) is 3.16. The molecule has 5 nitrogen and oxygen atoms in total. The van der Waals surface area contributed by atoms with Gasteiger partial charge in [-0.2, -0.15) is 0 Å². The second-order valence-electron chi connectivity index (χ2n) is 5.76. The van der Waals surface area contributed by atoms with Gasteiger partial charge in [0.25, 0.3) is 11.8 Å². The number of furan rings is 1. The van der Waals surface area contributed by atoms with Gasteiger partial charge in [-0.1, -0.05) is 34.1 Å². The quantitative estimate of drug-likeness (QED) is 0.632. The fourth-order valence-corrected chi connectivity index (χ4v) is 2.89. The molecule has 0 spiro atoms. The zero-order valence-electron chi connectivity index (χ0n) is 14.0. The molecule has 2 N–H and O–H groups in total. The highest BCUT2D eigenvalue weighted by Gasteiger charge is 2.14. The van der Waals surface area contributed by atoms with E-state index in [4.69, 9.17) is 4.42 Å². The molecular weight excluding hydrogens is 396 g/mol. The maximum absolute atomic E-state index is 12.5. The Bertz CT molecular complexity index is 922. The summed E-state index contributed by atoms with van der Waals surface area (Å²) in [5, 5.41) is 5.67. The summed E-state index contributed by atoms with van der Waals surface area (Å²) < 4.78 is 6.02. The largest absolute Gasteiger partial charge is 0.459 e. The van der Waals surface area contributed by atoms with Gasteiger partial charge in [-0.15, -0.1) is 0 Å². The zero-order chi connectivity index (χ0) is 18.5. The molecule has 2 amide bonds. The van der Waals surface area contributed by atoms with Crippen LogP contribution in [0.5, 0.6) is 0 Å². The van der Waals surface area contributed by atoms with E-state index in [1.54, 1.807) is 36.4 Å². The Hall–Kier alpha value is -2.86. The summed E-state index contributed by atoms with van der Waals surface area (Å²) in [5.41, 5.74) is 1.98. The molecular formula is C20H17BrN2O3. The number of rotatable bonds is 5. The molecule has 132 valence electrons. The molecule has 0 saturated carbocycles. The van der Waals surface area contributed by atoms with Gasteiger partial charge in [0.15, 0.2) is 5.76 Å². The van der Waals surface area contributed by atoms with Crippen LogP contribution in [0.1, 0.15) is 39.4 Å². The maximum atomic E-state index is 12.5. The van der Waals surface area contributed by atoms with Crippen LogP contribution in [0.3, 0.4) is 0 Å². The van der Waals surface area contributed by atoms with E-state index in [0.717, 1.165) is 10.0 Å². The van der Waals surface area contributed by atoms with E-state index in [9.17, 15) is 9.59 Å². The molecule has 0 radical (unpaired) electrons. The lowest BCUT2D eigenvalue weighted by Crippen LogP contribution is -2.26. The Balaban J connectivity index is 1.69. The zero-order valence-corrected chi connectivity index (χ0v) is 15.6. The number of halogens is 1. The minimum absolute atomic E-state index is 0.152. The van der Waals surface area contributed by atoms with Crippen LogP contribution in [0, 0.1) is 0 Å². The summed E-state index contributed by atoms with van der Waals surface area (Å²) in [6.45, 7) is 1.92. The van der Waals surface area contributed by atoms with Crippen molar-refractivity contribution in [2.45, 2.75) is 13.0 Å². The number of hydrogen-bond donors (Lipinski definition) is 2. The van der Waals surface area contributed by atoms with E-state index in [0.29, 0.717) is 11.3 Å². The summed E-state index contributed by atoms with van der Waals surface area (Å²) in [5.74, 6) is -0.371. The Labute approximate surface area is 159 Å². The van der Waals surface area contributed by atoms with Crippen LogP contribution in [0.2, 0.25) is 0 Å². The first-order valence-electron chi connectivity index (χ1n) is 8.04. The lowest BCUT2D eigenvalue weighted by molar-refractivity contribution is 0.0938. The number of carbonyl (C=O) groups is 2. The lowest BCUT2D eigenvalue weighted by atomic mass is 10.1. The van der Waals surface area contributed by atoms with Crippen molar-refractivity contribution >= 4 is 33.4 Å².